The van der Waals surface area contributed by atoms with E-state index in [0.717, 1.165) is 0 Å². The average molecular weight is 399 g/mol. The number of imidazole rings is 1. The molecule has 0 bridgehead atoms. The lowest BCUT2D eigenvalue weighted by Crippen LogP contribution is -2.42. The first-order valence-electron chi connectivity index (χ1n) is 7.87. The Balaban J connectivity index is 1.59. The van der Waals surface area contributed by atoms with E-state index >= 15 is 0 Å². The lowest BCUT2D eigenvalue weighted by molar-refractivity contribution is -0.170. The maximum absolute atomic E-state index is 11.0. The molecule has 0 spiro atoms. The van der Waals surface area contributed by atoms with Crippen LogP contribution in [-0.4, -0.2) is 65.5 Å². The zero-order valence-electron chi connectivity index (χ0n) is 13.8. The van der Waals surface area contributed by atoms with Crippen molar-refractivity contribution in [1.82, 2.24) is 19.5 Å². The minimum Gasteiger partial charge on any atom is -0.479 e. The second-order valence-corrected chi connectivity index (χ2v) is 6.89. The number of anilines is 1. The fraction of sp³-hybridized carbons (Fsp3) is 0.500. The van der Waals surface area contributed by atoms with Crippen molar-refractivity contribution in [2.75, 3.05) is 5.73 Å². The number of nitrogens with zero attached hydrogens (tertiary/aromatic N) is 4. The molecular weight excluding hydrogens is 384 g/mol. The summed E-state index contributed by atoms with van der Waals surface area (Å²) in [7, 11) is 0. The molecule has 13 heteroatoms. The third-order valence-corrected chi connectivity index (χ3v) is 5.25. The summed E-state index contributed by atoms with van der Waals surface area (Å²) in [6.45, 7) is 1.78. The van der Waals surface area contributed by atoms with Crippen molar-refractivity contribution in [3.63, 3.8) is 0 Å². The first kappa shape index (κ1) is 17.9. The van der Waals surface area contributed by atoms with E-state index < -0.39 is 42.0 Å². The summed E-state index contributed by atoms with van der Waals surface area (Å²) in [6.07, 6.45) is -2.68. The van der Waals surface area contributed by atoms with Gasteiger partial charge in [-0.1, -0.05) is 6.92 Å². The van der Waals surface area contributed by atoms with E-state index in [2.05, 4.69) is 15.0 Å². The number of hydrogen-bond acceptors (Lipinski definition) is 9. The predicted molar refractivity (Wildman–Crippen MR) is 88.7 cm³/mol. The maximum Gasteiger partial charge on any atom is 0.344 e. The number of nitrogen functional groups attached to an aromatic ring is 1. The molecule has 2 aromatic heterocycles. The Morgan fingerprint density at radius 1 is 1.41 bits per heavy atom. The standard InChI is InChI=1S/C14H15ClN6O6/c1-3-10(21-2-18-4-8(16)19-13(15)20-9(4)21)27-7-6(14(3,7)17)26-5(11(22)23)12(24)25/h2-3,5-7,10H,17H2,1H3,(H,22,23)(H,24,25)(H2,16,19,20)/t3-,6?,7+,10+,14+/m0/s1. The van der Waals surface area contributed by atoms with Crippen molar-refractivity contribution < 1.29 is 29.3 Å². The SMILES string of the molecule is C[C@H]1[C@H](n2cnc3c(N)nc(Cl)nc32)O[C@@H]2C(OC(C(=O)O)C(=O)O)[C@@]21N. The third kappa shape index (κ3) is 2.45. The number of ether oxygens (including phenoxy) is 2. The fourth-order valence-corrected chi connectivity index (χ4v) is 3.71. The first-order valence-corrected chi connectivity index (χ1v) is 8.25. The van der Waals surface area contributed by atoms with Crippen LogP contribution in [0.3, 0.4) is 0 Å². The zero-order chi connectivity index (χ0) is 19.7. The molecule has 0 aromatic carbocycles. The van der Waals surface area contributed by atoms with Crippen molar-refractivity contribution in [3.05, 3.63) is 11.6 Å². The van der Waals surface area contributed by atoms with E-state index in [0.29, 0.717) is 11.2 Å². The summed E-state index contributed by atoms with van der Waals surface area (Å²) in [4.78, 5) is 34.2. The van der Waals surface area contributed by atoms with E-state index in [-0.39, 0.29) is 17.0 Å². The highest BCUT2D eigenvalue weighted by atomic mass is 35.5. The molecule has 6 N–H and O–H groups in total. The van der Waals surface area contributed by atoms with Crippen LogP contribution in [0, 0.1) is 5.92 Å². The molecule has 1 saturated heterocycles. The summed E-state index contributed by atoms with van der Waals surface area (Å²) in [5.41, 5.74) is 11.8. The molecule has 3 heterocycles. The van der Waals surface area contributed by atoms with Crippen LogP contribution < -0.4 is 11.5 Å². The minimum absolute atomic E-state index is 0.0491. The van der Waals surface area contributed by atoms with Crippen LogP contribution in [0.15, 0.2) is 6.33 Å². The average Bonchev–Trinajstić information content (AvgIpc) is 2.85. The van der Waals surface area contributed by atoms with Gasteiger partial charge in [-0.3, -0.25) is 4.57 Å². The largest absolute Gasteiger partial charge is 0.479 e. The van der Waals surface area contributed by atoms with Gasteiger partial charge in [0.15, 0.2) is 11.5 Å². The van der Waals surface area contributed by atoms with Gasteiger partial charge in [-0.15, -0.1) is 0 Å². The van der Waals surface area contributed by atoms with Gasteiger partial charge in [-0.2, -0.15) is 9.97 Å². The van der Waals surface area contributed by atoms with Crippen LogP contribution in [0.2, 0.25) is 5.28 Å². The predicted octanol–water partition coefficient (Wildman–Crippen LogP) is -0.770. The van der Waals surface area contributed by atoms with Gasteiger partial charge < -0.3 is 31.2 Å². The van der Waals surface area contributed by atoms with E-state index in [1.54, 1.807) is 11.5 Å². The maximum atomic E-state index is 11.0. The van der Waals surface area contributed by atoms with Crippen LogP contribution in [0.1, 0.15) is 13.2 Å². The number of aliphatic carboxylic acids is 2. The van der Waals surface area contributed by atoms with Crippen LogP contribution in [0.25, 0.3) is 11.2 Å². The molecule has 1 aliphatic carbocycles. The molecule has 2 aliphatic rings. The molecule has 144 valence electrons. The highest BCUT2D eigenvalue weighted by molar-refractivity contribution is 6.28. The Morgan fingerprint density at radius 2 is 2.07 bits per heavy atom. The second-order valence-electron chi connectivity index (χ2n) is 6.55. The quantitative estimate of drug-likeness (QED) is 0.365. The smallest absolute Gasteiger partial charge is 0.344 e. The van der Waals surface area contributed by atoms with E-state index in [4.69, 9.17) is 42.8 Å². The van der Waals surface area contributed by atoms with Gasteiger partial charge in [-0.25, -0.2) is 14.6 Å². The van der Waals surface area contributed by atoms with Crippen molar-refractivity contribution in [2.45, 2.75) is 37.0 Å². The van der Waals surface area contributed by atoms with Gasteiger partial charge in [-0.05, 0) is 11.6 Å². The first-order chi connectivity index (χ1) is 12.7. The van der Waals surface area contributed by atoms with Crippen molar-refractivity contribution in [1.29, 1.82) is 0 Å². The van der Waals surface area contributed by atoms with Crippen molar-refractivity contribution >= 4 is 40.5 Å². The van der Waals surface area contributed by atoms with Crippen LogP contribution in [0.4, 0.5) is 5.82 Å². The summed E-state index contributed by atoms with van der Waals surface area (Å²) in [6, 6.07) is 0. The molecule has 27 heavy (non-hydrogen) atoms. The van der Waals surface area contributed by atoms with Crippen molar-refractivity contribution in [2.24, 2.45) is 11.7 Å². The molecule has 4 rings (SSSR count). The minimum atomic E-state index is -2.02. The number of carboxylic acid groups (broad SMARTS) is 2. The molecule has 0 radical (unpaired) electrons. The molecule has 2 fully saturated rings. The van der Waals surface area contributed by atoms with Gasteiger partial charge in [0.25, 0.3) is 6.10 Å². The summed E-state index contributed by atoms with van der Waals surface area (Å²) < 4.78 is 12.7. The summed E-state index contributed by atoms with van der Waals surface area (Å²) >= 11 is 5.86. The lowest BCUT2D eigenvalue weighted by Gasteiger charge is -2.25. The summed E-state index contributed by atoms with van der Waals surface area (Å²) in [5, 5.41) is 17.9. The van der Waals surface area contributed by atoms with Gasteiger partial charge in [0.2, 0.25) is 5.28 Å². The zero-order valence-corrected chi connectivity index (χ0v) is 14.6. The summed E-state index contributed by atoms with van der Waals surface area (Å²) in [5.74, 6) is -3.47. The van der Waals surface area contributed by atoms with Crippen LogP contribution in [0.5, 0.6) is 0 Å². The van der Waals surface area contributed by atoms with Crippen molar-refractivity contribution in [3.8, 4) is 0 Å². The fourth-order valence-electron chi connectivity index (χ4n) is 3.54. The molecule has 2 aromatic rings. The highest BCUT2D eigenvalue weighted by Gasteiger charge is 2.75. The Labute approximate surface area is 156 Å². The number of carbonyl (C=O) groups is 2. The number of carboxylic acids is 2. The number of hydrogen-bond donors (Lipinski definition) is 4. The molecule has 5 atom stereocenters. The number of rotatable bonds is 5. The van der Waals surface area contributed by atoms with Gasteiger partial charge in [0, 0.05) is 5.92 Å². The molecule has 1 unspecified atom stereocenters. The Kier molecular flexibility index (Phi) is 3.79. The normalized spacial score (nSPS) is 32.0. The van der Waals surface area contributed by atoms with Gasteiger partial charge in [0.05, 0.1) is 11.9 Å². The molecule has 1 saturated carbocycles. The van der Waals surface area contributed by atoms with Gasteiger partial charge in [0.1, 0.15) is 24.0 Å². The number of aromatic nitrogens is 4. The number of nitrogens with two attached hydrogens (primary N) is 2. The number of fused-ring (bicyclic) bond motifs is 2. The van der Waals surface area contributed by atoms with Crippen LogP contribution >= 0.6 is 11.6 Å². The second kappa shape index (κ2) is 5.73. The third-order valence-electron chi connectivity index (χ3n) is 5.08. The Hall–Kier alpha value is -2.54. The molecule has 1 aliphatic heterocycles. The monoisotopic (exact) mass is 398 g/mol. The topological polar surface area (TPSA) is 189 Å². The Bertz CT molecular complexity index is 953. The number of halogens is 1. The van der Waals surface area contributed by atoms with Crippen LogP contribution in [-0.2, 0) is 19.1 Å². The van der Waals surface area contributed by atoms with E-state index in [1.165, 1.54) is 6.33 Å². The highest BCUT2D eigenvalue weighted by Crippen LogP contribution is 2.57. The van der Waals surface area contributed by atoms with Gasteiger partial charge >= 0.3 is 11.9 Å². The van der Waals surface area contributed by atoms with E-state index in [9.17, 15) is 9.59 Å². The lowest BCUT2D eigenvalue weighted by atomic mass is 9.99. The van der Waals surface area contributed by atoms with E-state index in [1.807, 2.05) is 0 Å². The molecule has 0 amide bonds. The molecular formula is C14H15ClN6O6. The Morgan fingerprint density at radius 3 is 2.63 bits per heavy atom. The molecule has 12 nitrogen and oxygen atoms in total.